The maximum atomic E-state index is 11.9. The number of aliphatic carboxylic acids is 1. The number of imide groups is 1. The molecule has 0 radical (unpaired) electrons. The fraction of sp³-hybridized carbons (Fsp3) is 0.769. The lowest BCUT2D eigenvalue weighted by Gasteiger charge is -2.31. The summed E-state index contributed by atoms with van der Waals surface area (Å²) in [5, 5.41) is 11.2. The molecule has 20 heavy (non-hydrogen) atoms. The number of carbonyl (C=O) groups is 3. The van der Waals surface area contributed by atoms with Crippen molar-refractivity contribution in [1.29, 1.82) is 0 Å². The topological polar surface area (TPSA) is 95.9 Å². The van der Waals surface area contributed by atoms with Gasteiger partial charge >= 0.3 is 12.0 Å². The molecule has 1 unspecified atom stereocenters. The Morgan fingerprint density at radius 2 is 2.05 bits per heavy atom. The molecule has 1 aliphatic heterocycles. The molecule has 7 heteroatoms. The second kappa shape index (κ2) is 6.69. The first kappa shape index (κ1) is 16.4. The van der Waals surface area contributed by atoms with Gasteiger partial charge in [0.05, 0.1) is 11.5 Å². The number of carbonyl (C=O) groups excluding carboxylic acids is 2. The van der Waals surface area contributed by atoms with Crippen LogP contribution in [-0.2, 0) is 14.3 Å². The normalized spacial score (nSPS) is 19.6. The van der Waals surface area contributed by atoms with E-state index >= 15 is 0 Å². The largest absolute Gasteiger partial charge is 0.481 e. The molecule has 0 bridgehead atoms. The fourth-order valence-electron chi connectivity index (χ4n) is 2.03. The van der Waals surface area contributed by atoms with Crippen molar-refractivity contribution in [2.75, 3.05) is 20.2 Å². The molecule has 1 atom stereocenters. The van der Waals surface area contributed by atoms with Crippen molar-refractivity contribution in [3.63, 3.8) is 0 Å². The Hall–Kier alpha value is -1.63. The van der Waals surface area contributed by atoms with E-state index in [9.17, 15) is 14.4 Å². The number of hydrogen-bond donors (Lipinski definition) is 2. The van der Waals surface area contributed by atoms with E-state index in [1.807, 2.05) is 0 Å². The Kier molecular flexibility index (Phi) is 5.50. The van der Waals surface area contributed by atoms with Gasteiger partial charge in [0.2, 0.25) is 5.91 Å². The molecule has 0 aromatic rings. The van der Waals surface area contributed by atoms with E-state index in [1.54, 1.807) is 7.11 Å². The van der Waals surface area contributed by atoms with Crippen LogP contribution in [0.3, 0.4) is 0 Å². The van der Waals surface area contributed by atoms with E-state index in [2.05, 4.69) is 5.32 Å². The molecule has 0 aromatic carbocycles. The molecule has 1 heterocycles. The molecular weight excluding hydrogens is 264 g/mol. The standard InChI is InChI=1S/C13H22N2O5/c1-13(2,11(17)18)7-10(16)14-12(19)15-6-4-5-9(8-15)20-3/h9H,4-8H2,1-3H3,(H,17,18)(H,14,16,19). The third-order valence-corrected chi connectivity index (χ3v) is 3.43. The average molecular weight is 286 g/mol. The summed E-state index contributed by atoms with van der Waals surface area (Å²) < 4.78 is 5.20. The molecule has 1 saturated heterocycles. The van der Waals surface area contributed by atoms with Gasteiger partial charge < -0.3 is 14.7 Å². The summed E-state index contributed by atoms with van der Waals surface area (Å²) >= 11 is 0. The Balaban J connectivity index is 2.49. The van der Waals surface area contributed by atoms with Crippen molar-refractivity contribution in [3.05, 3.63) is 0 Å². The number of carboxylic acids is 1. The van der Waals surface area contributed by atoms with Crippen LogP contribution in [0.1, 0.15) is 33.1 Å². The van der Waals surface area contributed by atoms with Gasteiger partial charge in [-0.3, -0.25) is 14.9 Å². The van der Waals surface area contributed by atoms with Crippen LogP contribution in [0.2, 0.25) is 0 Å². The molecule has 2 N–H and O–H groups in total. The van der Waals surface area contributed by atoms with E-state index in [4.69, 9.17) is 9.84 Å². The van der Waals surface area contributed by atoms with Crippen LogP contribution in [0.5, 0.6) is 0 Å². The van der Waals surface area contributed by atoms with Gasteiger partial charge in [-0.15, -0.1) is 0 Å². The number of nitrogens with one attached hydrogen (secondary N) is 1. The minimum Gasteiger partial charge on any atom is -0.481 e. The van der Waals surface area contributed by atoms with Crippen LogP contribution < -0.4 is 5.32 Å². The third kappa shape index (κ3) is 4.48. The Morgan fingerprint density at radius 1 is 1.40 bits per heavy atom. The van der Waals surface area contributed by atoms with E-state index < -0.39 is 23.3 Å². The number of nitrogens with zero attached hydrogens (tertiary/aromatic N) is 1. The monoisotopic (exact) mass is 286 g/mol. The van der Waals surface area contributed by atoms with Gasteiger partial charge in [0.1, 0.15) is 0 Å². The quantitative estimate of drug-likeness (QED) is 0.798. The van der Waals surface area contributed by atoms with Crippen molar-refractivity contribution in [2.45, 2.75) is 39.2 Å². The van der Waals surface area contributed by atoms with Gasteiger partial charge in [-0.1, -0.05) is 0 Å². The third-order valence-electron chi connectivity index (χ3n) is 3.43. The van der Waals surface area contributed by atoms with E-state index in [-0.39, 0.29) is 12.5 Å². The number of piperidine rings is 1. The van der Waals surface area contributed by atoms with Crippen molar-refractivity contribution in [3.8, 4) is 0 Å². The highest BCUT2D eigenvalue weighted by molar-refractivity contribution is 5.96. The fourth-order valence-corrected chi connectivity index (χ4v) is 2.03. The number of urea groups is 1. The highest BCUT2D eigenvalue weighted by atomic mass is 16.5. The van der Waals surface area contributed by atoms with Crippen LogP contribution in [0.15, 0.2) is 0 Å². The number of ether oxygens (including phenoxy) is 1. The first-order valence-electron chi connectivity index (χ1n) is 6.61. The van der Waals surface area contributed by atoms with Crippen LogP contribution >= 0.6 is 0 Å². The first-order chi connectivity index (χ1) is 9.26. The van der Waals surface area contributed by atoms with Crippen LogP contribution in [0.25, 0.3) is 0 Å². The Bertz CT molecular complexity index is 394. The van der Waals surface area contributed by atoms with Crippen molar-refractivity contribution >= 4 is 17.9 Å². The Morgan fingerprint density at radius 3 is 2.60 bits per heavy atom. The van der Waals surface area contributed by atoms with Crippen LogP contribution in [-0.4, -0.2) is 54.2 Å². The summed E-state index contributed by atoms with van der Waals surface area (Å²) in [4.78, 5) is 36.1. The zero-order valence-corrected chi connectivity index (χ0v) is 12.1. The molecule has 0 saturated carbocycles. The maximum Gasteiger partial charge on any atom is 0.324 e. The molecule has 0 aliphatic carbocycles. The van der Waals surface area contributed by atoms with Gasteiger partial charge in [-0.05, 0) is 26.7 Å². The minimum atomic E-state index is -1.19. The van der Waals surface area contributed by atoms with Gasteiger partial charge in [0.15, 0.2) is 0 Å². The van der Waals surface area contributed by atoms with Gasteiger partial charge in [-0.25, -0.2) is 4.79 Å². The zero-order valence-electron chi connectivity index (χ0n) is 12.1. The van der Waals surface area contributed by atoms with Crippen molar-refractivity contribution in [2.24, 2.45) is 5.41 Å². The van der Waals surface area contributed by atoms with Gasteiger partial charge in [-0.2, -0.15) is 0 Å². The summed E-state index contributed by atoms with van der Waals surface area (Å²) in [6, 6.07) is -0.488. The number of likely N-dealkylation sites (tertiary alicyclic amines) is 1. The molecule has 114 valence electrons. The van der Waals surface area contributed by atoms with Crippen molar-refractivity contribution < 1.29 is 24.2 Å². The predicted molar refractivity (Wildman–Crippen MR) is 71.2 cm³/mol. The summed E-state index contributed by atoms with van der Waals surface area (Å²) in [5.41, 5.74) is -1.19. The summed E-state index contributed by atoms with van der Waals surface area (Å²) in [7, 11) is 1.59. The number of carboxylic acid groups (broad SMARTS) is 1. The summed E-state index contributed by atoms with van der Waals surface area (Å²) in [6.45, 7) is 3.90. The number of hydrogen-bond acceptors (Lipinski definition) is 4. The molecule has 0 spiro atoms. The van der Waals surface area contributed by atoms with E-state index in [0.717, 1.165) is 12.8 Å². The molecule has 7 nitrogen and oxygen atoms in total. The molecule has 0 aromatic heterocycles. The van der Waals surface area contributed by atoms with E-state index in [0.29, 0.717) is 13.1 Å². The summed E-state index contributed by atoms with van der Waals surface area (Å²) in [5.74, 6) is -1.65. The number of rotatable bonds is 4. The van der Waals surface area contributed by atoms with Crippen LogP contribution in [0, 0.1) is 5.41 Å². The molecule has 1 fully saturated rings. The first-order valence-corrected chi connectivity index (χ1v) is 6.61. The smallest absolute Gasteiger partial charge is 0.324 e. The molecular formula is C13H22N2O5. The number of methoxy groups -OCH3 is 1. The lowest BCUT2D eigenvalue weighted by molar-refractivity contribution is -0.149. The maximum absolute atomic E-state index is 11.9. The molecule has 1 aliphatic rings. The molecule has 3 amide bonds. The molecule has 1 rings (SSSR count). The van der Waals surface area contributed by atoms with Gasteiger partial charge in [0, 0.05) is 26.6 Å². The van der Waals surface area contributed by atoms with Gasteiger partial charge in [0.25, 0.3) is 0 Å². The predicted octanol–water partition coefficient (Wildman–Crippen LogP) is 0.834. The summed E-state index contributed by atoms with van der Waals surface area (Å²) in [6.07, 6.45) is 1.46. The minimum absolute atomic E-state index is 0.0138. The van der Waals surface area contributed by atoms with Crippen molar-refractivity contribution in [1.82, 2.24) is 10.2 Å². The average Bonchev–Trinajstić information content (AvgIpc) is 2.37. The lowest BCUT2D eigenvalue weighted by Crippen LogP contribution is -2.49. The van der Waals surface area contributed by atoms with Crippen LogP contribution in [0.4, 0.5) is 4.79 Å². The lowest BCUT2D eigenvalue weighted by atomic mass is 9.89. The zero-order chi connectivity index (χ0) is 15.3. The van der Waals surface area contributed by atoms with E-state index in [1.165, 1.54) is 18.7 Å². The highest BCUT2D eigenvalue weighted by Crippen LogP contribution is 2.20. The number of amides is 3. The highest BCUT2D eigenvalue weighted by Gasteiger charge is 2.32. The second-order valence-corrected chi connectivity index (χ2v) is 5.67. The second-order valence-electron chi connectivity index (χ2n) is 5.67. The Labute approximate surface area is 118 Å². The SMILES string of the molecule is COC1CCCN(C(=O)NC(=O)CC(C)(C)C(=O)O)C1.